The van der Waals surface area contributed by atoms with Gasteiger partial charge in [0.15, 0.2) is 0 Å². The van der Waals surface area contributed by atoms with E-state index in [4.69, 9.17) is 0 Å². The molecule has 8 heteroatoms. The van der Waals surface area contributed by atoms with E-state index in [2.05, 4.69) is 97.2 Å². The van der Waals surface area contributed by atoms with Gasteiger partial charge in [0.2, 0.25) is 0 Å². The predicted octanol–water partition coefficient (Wildman–Crippen LogP) is 6.73. The van der Waals surface area contributed by atoms with E-state index in [1.54, 1.807) is 0 Å². The molecule has 0 radical (unpaired) electrons. The molecule has 0 aliphatic rings. The number of rotatable bonds is 15. The van der Waals surface area contributed by atoms with Crippen molar-refractivity contribution in [1.29, 1.82) is 0 Å². The summed E-state index contributed by atoms with van der Waals surface area (Å²) >= 11 is 0. The van der Waals surface area contributed by atoms with Crippen LogP contribution < -0.4 is 20.4 Å². The Morgan fingerprint density at radius 2 is 0.765 bits per heavy atom. The summed E-state index contributed by atoms with van der Waals surface area (Å²) in [5.74, 6) is 0. The lowest BCUT2D eigenvalue weighted by molar-refractivity contribution is 0.549. The zero-order valence-corrected chi connectivity index (χ0v) is 24.5. The lowest BCUT2D eigenvalue weighted by Gasteiger charge is -2.13. The second kappa shape index (κ2) is 22.6. The van der Waals surface area contributed by atoms with Crippen LogP contribution in [0.3, 0.4) is 0 Å². The minimum Gasteiger partial charge on any atom is -0.378 e. The minimum absolute atomic E-state index is 0. The number of halogens is 4. The Labute approximate surface area is 233 Å². The summed E-state index contributed by atoms with van der Waals surface area (Å²) in [5.41, 5.74) is 5.24. The molecule has 0 atom stereocenters. The van der Waals surface area contributed by atoms with Gasteiger partial charge in [0.05, 0.1) is 0 Å². The number of nitrogens with one attached hydrogen (secondary N) is 2. The van der Waals surface area contributed by atoms with Crippen LogP contribution in [-0.4, -0.2) is 41.3 Å². The third-order valence-corrected chi connectivity index (χ3v) is 5.52. The van der Waals surface area contributed by atoms with Gasteiger partial charge < -0.3 is 20.4 Å². The molecule has 34 heavy (non-hydrogen) atoms. The van der Waals surface area contributed by atoms with Crippen molar-refractivity contribution in [3.8, 4) is 0 Å². The van der Waals surface area contributed by atoms with E-state index >= 15 is 0 Å². The van der Waals surface area contributed by atoms with Crippen LogP contribution in [0.1, 0.15) is 49.7 Å². The molecule has 0 saturated carbocycles. The van der Waals surface area contributed by atoms with Gasteiger partial charge in [0, 0.05) is 52.7 Å². The fourth-order valence-corrected chi connectivity index (χ4v) is 3.50. The first-order chi connectivity index (χ1) is 14.6. The van der Waals surface area contributed by atoms with Crippen LogP contribution in [0.25, 0.3) is 0 Å². The molecule has 2 rings (SSSR count). The Bertz CT molecular complexity index is 633. The van der Waals surface area contributed by atoms with Gasteiger partial charge in [-0.1, -0.05) is 49.9 Å². The predicted molar refractivity (Wildman–Crippen MR) is 162 cm³/mol. The van der Waals surface area contributed by atoms with Gasteiger partial charge in [0.25, 0.3) is 0 Å². The second-order valence-electron chi connectivity index (χ2n) is 8.60. The maximum Gasteiger partial charge on any atom is 0.0361 e. The summed E-state index contributed by atoms with van der Waals surface area (Å²) in [6.07, 6.45) is 7.92. The number of nitrogens with zero attached hydrogens (tertiary/aromatic N) is 2. The van der Waals surface area contributed by atoms with Crippen molar-refractivity contribution in [1.82, 2.24) is 10.6 Å². The van der Waals surface area contributed by atoms with Gasteiger partial charge in [0.1, 0.15) is 0 Å². The maximum absolute atomic E-state index is 3.57. The fourth-order valence-electron chi connectivity index (χ4n) is 3.50. The van der Waals surface area contributed by atoms with E-state index in [9.17, 15) is 0 Å². The van der Waals surface area contributed by atoms with E-state index in [1.807, 2.05) is 0 Å². The molecule has 2 N–H and O–H groups in total. The van der Waals surface area contributed by atoms with Crippen molar-refractivity contribution in [2.24, 2.45) is 0 Å². The van der Waals surface area contributed by atoms with E-state index in [-0.39, 0.29) is 49.6 Å². The Hall–Kier alpha value is -0.880. The number of anilines is 2. The topological polar surface area (TPSA) is 30.5 Å². The third-order valence-electron chi connectivity index (χ3n) is 5.52. The van der Waals surface area contributed by atoms with Gasteiger partial charge in [-0.25, -0.2) is 0 Å². The molecule has 0 heterocycles. The fraction of sp³-hybridized carbons (Fsp3) is 0.538. The zero-order valence-electron chi connectivity index (χ0n) is 21.2. The Kier molecular flexibility index (Phi) is 25.0. The highest BCUT2D eigenvalue weighted by molar-refractivity contribution is 5.86. The standard InChI is InChI=1S/C26H42N4.4ClH/c1-29(2)25-15-11-23(12-16-25)21-27-19-9-7-5-6-8-10-20-28-22-24-13-17-26(18-14-24)30(3)4;;;;/h11-18,27-28H,5-10,19-22H2,1-4H3;4*1H. The molecule has 2 aromatic carbocycles. The van der Waals surface area contributed by atoms with Gasteiger partial charge in [-0.3, -0.25) is 0 Å². The molecular formula is C26H46Cl4N4. The van der Waals surface area contributed by atoms with Crippen LogP contribution >= 0.6 is 49.6 Å². The third kappa shape index (κ3) is 15.9. The summed E-state index contributed by atoms with van der Waals surface area (Å²) in [4.78, 5) is 4.27. The van der Waals surface area contributed by atoms with Crippen molar-refractivity contribution in [3.05, 3.63) is 59.7 Å². The Balaban J connectivity index is -0.00000240. The van der Waals surface area contributed by atoms with Crippen molar-refractivity contribution < 1.29 is 0 Å². The average molecular weight is 556 g/mol. The lowest BCUT2D eigenvalue weighted by atomic mass is 10.1. The summed E-state index contributed by atoms with van der Waals surface area (Å²) < 4.78 is 0. The van der Waals surface area contributed by atoms with Crippen LogP contribution in [0.2, 0.25) is 0 Å². The summed E-state index contributed by atoms with van der Waals surface area (Å²) in [5, 5.41) is 7.14. The number of benzene rings is 2. The molecule has 0 saturated heterocycles. The highest BCUT2D eigenvalue weighted by atomic mass is 35.5. The normalized spacial score (nSPS) is 9.65. The number of unbranched alkanes of at least 4 members (excludes halogenated alkanes) is 5. The molecule has 0 aromatic heterocycles. The minimum atomic E-state index is 0. The van der Waals surface area contributed by atoms with Gasteiger partial charge in [-0.15, -0.1) is 49.6 Å². The van der Waals surface area contributed by atoms with E-state index in [1.165, 1.54) is 61.0 Å². The maximum atomic E-state index is 3.57. The summed E-state index contributed by atoms with van der Waals surface area (Å²) in [7, 11) is 8.31. The molecule has 198 valence electrons. The van der Waals surface area contributed by atoms with Crippen molar-refractivity contribution >= 4 is 61.0 Å². The first kappa shape index (κ1) is 37.7. The lowest BCUT2D eigenvalue weighted by Crippen LogP contribution is -2.15. The molecule has 0 spiro atoms. The molecule has 0 fully saturated rings. The molecule has 4 nitrogen and oxygen atoms in total. The van der Waals surface area contributed by atoms with Crippen molar-refractivity contribution in [2.45, 2.75) is 51.6 Å². The highest BCUT2D eigenvalue weighted by Crippen LogP contribution is 2.13. The van der Waals surface area contributed by atoms with Crippen molar-refractivity contribution in [2.75, 3.05) is 51.1 Å². The molecule has 0 unspecified atom stereocenters. The van der Waals surface area contributed by atoms with E-state index in [0.29, 0.717) is 0 Å². The monoisotopic (exact) mass is 554 g/mol. The number of hydrogen-bond donors (Lipinski definition) is 2. The molecule has 0 aliphatic heterocycles. The molecular weight excluding hydrogens is 510 g/mol. The Morgan fingerprint density at radius 3 is 1.06 bits per heavy atom. The quantitative estimate of drug-likeness (QED) is 0.239. The van der Waals surface area contributed by atoms with Crippen LogP contribution in [0.5, 0.6) is 0 Å². The molecule has 2 aromatic rings. The molecule has 0 amide bonds. The van der Waals surface area contributed by atoms with E-state index in [0.717, 1.165) is 26.2 Å². The van der Waals surface area contributed by atoms with Crippen LogP contribution in [0, 0.1) is 0 Å². The highest BCUT2D eigenvalue weighted by Gasteiger charge is 1.98. The SMILES string of the molecule is CN(C)c1ccc(CNCCCCCCCCNCc2ccc(N(C)C)cc2)cc1.Cl.Cl.Cl.Cl. The van der Waals surface area contributed by atoms with Gasteiger partial charge in [-0.2, -0.15) is 0 Å². The summed E-state index contributed by atoms with van der Waals surface area (Å²) in [6.45, 7) is 4.17. The van der Waals surface area contributed by atoms with Crippen molar-refractivity contribution in [3.63, 3.8) is 0 Å². The first-order valence-electron chi connectivity index (χ1n) is 11.5. The smallest absolute Gasteiger partial charge is 0.0361 e. The number of hydrogen-bond acceptors (Lipinski definition) is 4. The largest absolute Gasteiger partial charge is 0.378 e. The second-order valence-corrected chi connectivity index (χ2v) is 8.60. The van der Waals surface area contributed by atoms with E-state index < -0.39 is 0 Å². The first-order valence-corrected chi connectivity index (χ1v) is 11.5. The van der Waals surface area contributed by atoms with Gasteiger partial charge >= 0.3 is 0 Å². The summed E-state index contributed by atoms with van der Waals surface area (Å²) in [6, 6.07) is 17.6. The molecule has 0 aliphatic carbocycles. The average Bonchev–Trinajstić information content (AvgIpc) is 2.75. The van der Waals surface area contributed by atoms with Gasteiger partial charge in [-0.05, 0) is 61.3 Å². The van der Waals surface area contributed by atoms with Crippen LogP contribution in [0.4, 0.5) is 11.4 Å². The zero-order chi connectivity index (χ0) is 21.6. The van der Waals surface area contributed by atoms with Crippen LogP contribution in [-0.2, 0) is 13.1 Å². The van der Waals surface area contributed by atoms with Crippen LogP contribution in [0.15, 0.2) is 48.5 Å². The Morgan fingerprint density at radius 1 is 0.471 bits per heavy atom. The molecule has 0 bridgehead atoms.